The van der Waals surface area contributed by atoms with Crippen molar-refractivity contribution < 1.29 is 35.9 Å². The summed E-state index contributed by atoms with van der Waals surface area (Å²) in [4.78, 5) is 18.3. The number of anilines is 1. The second-order valence-electron chi connectivity index (χ2n) is 13.0. The van der Waals surface area contributed by atoms with Gasteiger partial charge in [0.1, 0.15) is 17.0 Å². The van der Waals surface area contributed by atoms with E-state index in [2.05, 4.69) is 9.71 Å². The fraction of sp³-hybridized carbons (Fsp3) is 0.455. The molecule has 0 bridgehead atoms. The Hall–Kier alpha value is -3.58. The maximum atomic E-state index is 13.9. The van der Waals surface area contributed by atoms with Crippen molar-refractivity contribution in [2.24, 2.45) is 5.92 Å². The van der Waals surface area contributed by atoms with Gasteiger partial charge in [-0.2, -0.15) is 13.2 Å². The summed E-state index contributed by atoms with van der Waals surface area (Å²) in [5.41, 5.74) is 0.476. The number of rotatable bonds is 6. The molecule has 6 rings (SSSR count). The highest BCUT2D eigenvalue weighted by Gasteiger charge is 2.52. The molecule has 3 aromatic rings. The van der Waals surface area contributed by atoms with Crippen molar-refractivity contribution in [1.82, 2.24) is 9.88 Å². The smallest absolute Gasteiger partial charge is 0.416 e. The van der Waals surface area contributed by atoms with Gasteiger partial charge in [0.05, 0.1) is 10.5 Å². The Bertz CT molecular complexity index is 1770. The van der Waals surface area contributed by atoms with Crippen LogP contribution in [0.3, 0.4) is 0 Å². The molecule has 0 spiro atoms. The average Bonchev–Trinajstić information content (AvgIpc) is 3.45. The summed E-state index contributed by atoms with van der Waals surface area (Å²) in [7, 11) is -3.88. The number of benzene rings is 2. The first-order valence-corrected chi connectivity index (χ1v) is 17.6. The summed E-state index contributed by atoms with van der Waals surface area (Å²) >= 11 is 1.18. The second kappa shape index (κ2) is 11.9. The number of carbonyl (C=O) groups excluding carboxylic acids is 1. The van der Waals surface area contributed by atoms with Gasteiger partial charge in [-0.25, -0.2) is 18.2 Å². The zero-order chi connectivity index (χ0) is 32.9. The maximum absolute atomic E-state index is 13.9. The molecule has 2 atom stereocenters. The highest BCUT2D eigenvalue weighted by atomic mass is 32.2. The highest BCUT2D eigenvalue weighted by molar-refractivity contribution is 7.93. The Morgan fingerprint density at radius 2 is 1.91 bits per heavy atom. The number of ether oxygens (including phenoxy) is 2. The molecule has 246 valence electrons. The van der Waals surface area contributed by atoms with E-state index in [1.165, 1.54) is 28.5 Å². The van der Waals surface area contributed by atoms with E-state index in [1.807, 2.05) is 0 Å². The number of carbonyl (C=O) groups is 1. The standard InChI is InChI=1S/C33H36F3N3O5S2/c1-31(2,3)44-30(40)39-16-12-21(13-17-39)26-20-24(33(34,35)36)7-10-28(26)43-32-14-11-23(32)6-4-5-22-19-25(8-9-27(22)32)46(41,42)38-29-37-15-18-45-29/h7-10,12,15,18-20,23H,4-6,11,13-14,16-17H2,1-3H3,(H,37,38)/t23?,32-/m1/s1. The molecule has 1 N–H and O–H groups in total. The minimum absolute atomic E-state index is 0.117. The Labute approximate surface area is 270 Å². The summed E-state index contributed by atoms with van der Waals surface area (Å²) in [6.07, 6.45) is 2.47. The molecule has 1 fully saturated rings. The van der Waals surface area contributed by atoms with Crippen molar-refractivity contribution in [2.45, 2.75) is 81.6 Å². The molecule has 0 saturated heterocycles. The van der Waals surface area contributed by atoms with E-state index in [1.54, 1.807) is 50.4 Å². The minimum Gasteiger partial charge on any atom is -0.482 e. The molecule has 1 aliphatic heterocycles. The molecule has 2 heterocycles. The lowest BCUT2D eigenvalue weighted by molar-refractivity contribution is -0.137. The van der Waals surface area contributed by atoms with E-state index in [4.69, 9.17) is 9.47 Å². The topological polar surface area (TPSA) is 97.8 Å². The lowest BCUT2D eigenvalue weighted by Gasteiger charge is -2.50. The predicted molar refractivity (Wildman–Crippen MR) is 169 cm³/mol. The Morgan fingerprint density at radius 3 is 2.54 bits per heavy atom. The molecule has 2 aromatic carbocycles. The van der Waals surface area contributed by atoms with Gasteiger partial charge in [-0.1, -0.05) is 12.1 Å². The third kappa shape index (κ3) is 6.48. The first-order valence-electron chi connectivity index (χ1n) is 15.3. The minimum atomic E-state index is -4.55. The third-order valence-electron chi connectivity index (χ3n) is 8.83. The normalized spacial score (nSPS) is 21.7. The van der Waals surface area contributed by atoms with Crippen LogP contribution in [-0.4, -0.2) is 43.1 Å². The van der Waals surface area contributed by atoms with Gasteiger partial charge in [-0.15, -0.1) is 11.3 Å². The number of nitrogens with zero attached hydrogens (tertiary/aromatic N) is 2. The largest absolute Gasteiger partial charge is 0.482 e. The van der Waals surface area contributed by atoms with Crippen LogP contribution in [0.4, 0.5) is 23.1 Å². The fourth-order valence-electron chi connectivity index (χ4n) is 6.52. The number of halogens is 3. The van der Waals surface area contributed by atoms with E-state index in [0.717, 1.165) is 42.5 Å². The number of nitrogens with one attached hydrogen (secondary N) is 1. The summed E-state index contributed by atoms with van der Waals surface area (Å²) in [6, 6.07) is 8.60. The highest BCUT2D eigenvalue weighted by Crippen LogP contribution is 2.55. The third-order valence-corrected chi connectivity index (χ3v) is 11.0. The van der Waals surface area contributed by atoms with Crippen LogP contribution in [0.15, 0.2) is 58.9 Å². The number of sulfonamides is 1. The van der Waals surface area contributed by atoms with Crippen molar-refractivity contribution >= 4 is 38.2 Å². The molecule has 1 amide bonds. The first-order chi connectivity index (χ1) is 21.6. The van der Waals surface area contributed by atoms with Gasteiger partial charge >= 0.3 is 12.3 Å². The van der Waals surface area contributed by atoms with Crippen molar-refractivity contribution in [1.29, 1.82) is 0 Å². The number of hydrogen-bond donors (Lipinski definition) is 1. The molecule has 1 unspecified atom stereocenters. The first kappa shape index (κ1) is 32.4. The van der Waals surface area contributed by atoms with Crippen molar-refractivity contribution in [3.05, 3.63) is 76.3 Å². The molecular weight excluding hydrogens is 640 g/mol. The average molecular weight is 676 g/mol. The zero-order valence-electron chi connectivity index (χ0n) is 25.8. The Morgan fingerprint density at radius 1 is 1.11 bits per heavy atom. The van der Waals surface area contributed by atoms with Crippen LogP contribution < -0.4 is 9.46 Å². The van der Waals surface area contributed by atoms with E-state index >= 15 is 0 Å². The maximum Gasteiger partial charge on any atom is 0.416 e. The molecule has 0 radical (unpaired) electrons. The monoisotopic (exact) mass is 675 g/mol. The summed E-state index contributed by atoms with van der Waals surface area (Å²) < 4.78 is 82.9. The fourth-order valence-corrected chi connectivity index (χ4v) is 8.36. The molecule has 13 heteroatoms. The molecule has 8 nitrogen and oxygen atoms in total. The van der Waals surface area contributed by atoms with E-state index in [-0.39, 0.29) is 22.5 Å². The van der Waals surface area contributed by atoms with E-state index in [9.17, 15) is 26.4 Å². The van der Waals surface area contributed by atoms with Gasteiger partial charge in [0.2, 0.25) is 0 Å². The quantitative estimate of drug-likeness (QED) is 0.284. The van der Waals surface area contributed by atoms with Gasteiger partial charge < -0.3 is 14.4 Å². The van der Waals surface area contributed by atoms with Gasteiger partial charge in [-0.3, -0.25) is 4.72 Å². The Balaban J connectivity index is 1.34. The lowest BCUT2D eigenvalue weighted by atomic mass is 9.64. The number of alkyl halides is 3. The van der Waals surface area contributed by atoms with Gasteiger partial charge in [0.15, 0.2) is 5.13 Å². The Kier molecular flexibility index (Phi) is 8.37. The van der Waals surface area contributed by atoms with Crippen LogP contribution in [0.1, 0.15) is 75.1 Å². The number of aromatic nitrogens is 1. The van der Waals surface area contributed by atoms with Crippen LogP contribution in [-0.2, 0) is 33.0 Å². The molecule has 2 aliphatic carbocycles. The van der Waals surface area contributed by atoms with Crippen LogP contribution >= 0.6 is 11.3 Å². The van der Waals surface area contributed by atoms with E-state index in [0.29, 0.717) is 42.7 Å². The van der Waals surface area contributed by atoms with E-state index < -0.39 is 39.1 Å². The SMILES string of the molecule is CC(C)(C)OC(=O)N1CC=C(c2cc(C(F)(F)F)ccc2O[C@]23CCC2CCCc2cc(S(=O)(=O)Nc4nccs4)ccc23)CC1. The van der Waals surface area contributed by atoms with Crippen molar-refractivity contribution in [2.75, 3.05) is 17.8 Å². The predicted octanol–water partition coefficient (Wildman–Crippen LogP) is 8.01. The lowest BCUT2D eigenvalue weighted by Crippen LogP contribution is -2.49. The number of amides is 1. The van der Waals surface area contributed by atoms with Crippen LogP contribution in [0.5, 0.6) is 5.75 Å². The van der Waals surface area contributed by atoms with Crippen molar-refractivity contribution in [3.8, 4) is 5.75 Å². The van der Waals surface area contributed by atoms with Gasteiger partial charge in [-0.05, 0) is 106 Å². The van der Waals surface area contributed by atoms with Crippen LogP contribution in [0, 0.1) is 5.92 Å². The zero-order valence-corrected chi connectivity index (χ0v) is 27.4. The van der Waals surface area contributed by atoms with Crippen LogP contribution in [0.25, 0.3) is 5.57 Å². The van der Waals surface area contributed by atoms with Gasteiger partial charge in [0, 0.05) is 36.1 Å². The summed E-state index contributed by atoms with van der Waals surface area (Å²) in [6.45, 7) is 5.82. The number of thiazole rings is 1. The molecule has 46 heavy (non-hydrogen) atoms. The number of fused-ring (bicyclic) bond motifs is 3. The van der Waals surface area contributed by atoms with Gasteiger partial charge in [0.25, 0.3) is 10.0 Å². The molecule has 1 aromatic heterocycles. The van der Waals surface area contributed by atoms with Crippen LogP contribution in [0.2, 0.25) is 0 Å². The number of hydrogen-bond acceptors (Lipinski definition) is 7. The molecule has 3 aliphatic rings. The second-order valence-corrected chi connectivity index (χ2v) is 15.6. The number of aryl methyl sites for hydroxylation is 1. The molecular formula is C33H36F3N3O5S2. The summed E-state index contributed by atoms with van der Waals surface area (Å²) in [5, 5.41) is 1.96. The van der Waals surface area contributed by atoms with Crippen molar-refractivity contribution in [3.63, 3.8) is 0 Å². The molecule has 1 saturated carbocycles. The summed E-state index contributed by atoms with van der Waals surface area (Å²) in [5.74, 6) is 0.465.